The molecule has 0 saturated heterocycles. The summed E-state index contributed by atoms with van der Waals surface area (Å²) in [4.78, 5) is 0. The normalized spacial score (nSPS) is 11.3. The molecule has 0 radical (unpaired) electrons. The summed E-state index contributed by atoms with van der Waals surface area (Å²) < 4.78 is 0. The van der Waals surface area contributed by atoms with Crippen LogP contribution in [0.25, 0.3) is 0 Å². The van der Waals surface area contributed by atoms with Crippen LogP contribution >= 0.6 is 47.0 Å². The van der Waals surface area contributed by atoms with E-state index in [2.05, 4.69) is 60.9 Å². The van der Waals surface area contributed by atoms with Gasteiger partial charge in [0.15, 0.2) is 0 Å². The quantitative estimate of drug-likeness (QED) is 0.146. The summed E-state index contributed by atoms with van der Waals surface area (Å²) in [5, 5.41) is 0. The number of hydrogen-bond acceptors (Lipinski definition) is 4. The maximum atomic E-state index is 2.29. The SMILES string of the molecule is CCCCCCCCSCCSCCSCCSCCCCCCCC. The van der Waals surface area contributed by atoms with Crippen molar-refractivity contribution >= 4 is 47.0 Å². The Bertz CT molecular complexity index is 212. The van der Waals surface area contributed by atoms with E-state index in [0.717, 1.165) is 0 Å². The molecule has 0 aliphatic carbocycles. The van der Waals surface area contributed by atoms with Gasteiger partial charge in [0, 0.05) is 34.5 Å². The molecule has 0 unspecified atom stereocenters. The van der Waals surface area contributed by atoms with Crippen molar-refractivity contribution in [3.63, 3.8) is 0 Å². The van der Waals surface area contributed by atoms with E-state index < -0.39 is 0 Å². The fourth-order valence-corrected chi connectivity index (χ4v) is 7.19. The second-order valence-electron chi connectivity index (χ2n) is 6.99. The molecule has 4 heteroatoms. The van der Waals surface area contributed by atoms with E-state index in [9.17, 15) is 0 Å². The molecule has 26 heavy (non-hydrogen) atoms. The lowest BCUT2D eigenvalue weighted by molar-refractivity contribution is 0.627. The highest BCUT2D eigenvalue weighted by atomic mass is 32.2. The highest BCUT2D eigenvalue weighted by Gasteiger charge is 1.95. The molecule has 0 fully saturated rings. The Kier molecular flexibility index (Phi) is 27.8. The number of unbranched alkanes of at least 4 members (excludes halogenated alkanes) is 10. The van der Waals surface area contributed by atoms with Gasteiger partial charge in [0.25, 0.3) is 0 Å². The first kappa shape index (κ1) is 27.4. The van der Waals surface area contributed by atoms with Crippen molar-refractivity contribution in [2.45, 2.75) is 90.9 Å². The molecule has 0 amide bonds. The van der Waals surface area contributed by atoms with Crippen LogP contribution in [0, 0.1) is 0 Å². The van der Waals surface area contributed by atoms with E-state index in [-0.39, 0.29) is 0 Å². The van der Waals surface area contributed by atoms with Crippen LogP contribution in [0.3, 0.4) is 0 Å². The van der Waals surface area contributed by atoms with Gasteiger partial charge >= 0.3 is 0 Å². The monoisotopic (exact) mass is 438 g/mol. The second-order valence-corrected chi connectivity index (χ2v) is 11.9. The molecule has 158 valence electrons. The number of hydrogen-bond donors (Lipinski definition) is 0. The lowest BCUT2D eigenvalue weighted by Crippen LogP contribution is -1.94. The highest BCUT2D eigenvalue weighted by molar-refractivity contribution is 8.05. The van der Waals surface area contributed by atoms with Crippen molar-refractivity contribution in [2.75, 3.05) is 46.0 Å². The maximum Gasteiger partial charge on any atom is 0.00238 e. The molecule has 0 aromatic heterocycles. The van der Waals surface area contributed by atoms with Crippen molar-refractivity contribution in [3.05, 3.63) is 0 Å². The summed E-state index contributed by atoms with van der Waals surface area (Å²) in [7, 11) is 0. The predicted molar refractivity (Wildman–Crippen MR) is 136 cm³/mol. The zero-order valence-corrected chi connectivity index (χ0v) is 21.0. The first-order chi connectivity index (χ1) is 12.9. The molecule has 0 bridgehead atoms. The van der Waals surface area contributed by atoms with E-state index >= 15 is 0 Å². The average molecular weight is 439 g/mol. The molecule has 0 saturated carbocycles. The summed E-state index contributed by atoms with van der Waals surface area (Å²) in [6.07, 6.45) is 17.2. The lowest BCUT2D eigenvalue weighted by Gasteiger charge is -2.04. The van der Waals surface area contributed by atoms with Gasteiger partial charge < -0.3 is 0 Å². The smallest absolute Gasteiger partial charge is 0.00238 e. The molecule has 0 aromatic rings. The molecular weight excluding hydrogens is 393 g/mol. The molecule has 0 spiro atoms. The zero-order chi connectivity index (χ0) is 19.0. The van der Waals surface area contributed by atoms with Crippen LogP contribution in [0.1, 0.15) is 90.9 Å². The summed E-state index contributed by atoms with van der Waals surface area (Å²) in [5.41, 5.74) is 0. The molecule has 0 heterocycles. The Hall–Kier alpha value is 1.40. The Balaban J connectivity index is 2.95. The first-order valence-corrected chi connectivity index (χ1v) is 15.8. The Morgan fingerprint density at radius 3 is 0.923 bits per heavy atom. The highest BCUT2D eigenvalue weighted by Crippen LogP contribution is 2.15. The molecule has 0 N–H and O–H groups in total. The van der Waals surface area contributed by atoms with Crippen LogP contribution < -0.4 is 0 Å². The van der Waals surface area contributed by atoms with E-state index in [1.807, 2.05) is 0 Å². The first-order valence-electron chi connectivity index (χ1n) is 11.2. The van der Waals surface area contributed by atoms with Crippen LogP contribution in [0.15, 0.2) is 0 Å². The van der Waals surface area contributed by atoms with Gasteiger partial charge in [-0.25, -0.2) is 0 Å². The molecule has 0 aliphatic heterocycles. The van der Waals surface area contributed by atoms with Crippen molar-refractivity contribution < 1.29 is 0 Å². The summed E-state index contributed by atoms with van der Waals surface area (Å²) in [6, 6.07) is 0. The van der Waals surface area contributed by atoms with Crippen LogP contribution in [-0.4, -0.2) is 46.0 Å². The third-order valence-corrected chi connectivity index (χ3v) is 9.29. The van der Waals surface area contributed by atoms with Gasteiger partial charge in [0.05, 0.1) is 0 Å². The minimum atomic E-state index is 1.35. The largest absolute Gasteiger partial charge is 0.161 e. The summed E-state index contributed by atoms with van der Waals surface area (Å²) in [5.74, 6) is 10.9. The van der Waals surface area contributed by atoms with Crippen LogP contribution in [0.5, 0.6) is 0 Å². The van der Waals surface area contributed by atoms with E-state index in [1.165, 1.54) is 123 Å². The van der Waals surface area contributed by atoms with E-state index in [1.54, 1.807) is 0 Å². The second kappa shape index (κ2) is 26.4. The topological polar surface area (TPSA) is 0 Å². The summed E-state index contributed by atoms with van der Waals surface area (Å²) in [6.45, 7) is 4.59. The standard InChI is InChI=1S/C22H46S4/c1-3-5-7-9-11-13-15-23-17-19-25-21-22-26-20-18-24-16-14-12-10-8-6-4-2/h3-22H2,1-2H3. The van der Waals surface area contributed by atoms with E-state index in [0.29, 0.717) is 0 Å². The van der Waals surface area contributed by atoms with Crippen molar-refractivity contribution in [3.8, 4) is 0 Å². The third-order valence-electron chi connectivity index (χ3n) is 4.40. The van der Waals surface area contributed by atoms with Gasteiger partial charge in [-0.3, -0.25) is 0 Å². The van der Waals surface area contributed by atoms with Gasteiger partial charge in [0.1, 0.15) is 0 Å². The molecule has 0 atom stereocenters. The fourth-order valence-electron chi connectivity index (χ4n) is 2.73. The van der Waals surface area contributed by atoms with Crippen LogP contribution in [0.4, 0.5) is 0 Å². The number of rotatable bonds is 23. The molecule has 0 aliphatic rings. The molecule has 0 rings (SSSR count). The van der Waals surface area contributed by atoms with Gasteiger partial charge in [0.2, 0.25) is 0 Å². The molecular formula is C22H46S4. The number of thioether (sulfide) groups is 4. The fraction of sp³-hybridized carbons (Fsp3) is 1.00. The summed E-state index contributed by atoms with van der Waals surface area (Å²) >= 11 is 8.67. The molecule has 0 nitrogen and oxygen atoms in total. The average Bonchev–Trinajstić information content (AvgIpc) is 2.66. The van der Waals surface area contributed by atoms with Crippen molar-refractivity contribution in [1.29, 1.82) is 0 Å². The van der Waals surface area contributed by atoms with Gasteiger partial charge in [-0.15, -0.1) is 0 Å². The zero-order valence-electron chi connectivity index (χ0n) is 17.8. The van der Waals surface area contributed by atoms with Crippen LogP contribution in [-0.2, 0) is 0 Å². The Morgan fingerprint density at radius 1 is 0.308 bits per heavy atom. The van der Waals surface area contributed by atoms with Gasteiger partial charge in [-0.2, -0.15) is 47.0 Å². The third kappa shape index (κ3) is 25.4. The Morgan fingerprint density at radius 2 is 0.577 bits per heavy atom. The maximum absolute atomic E-state index is 2.29. The van der Waals surface area contributed by atoms with Crippen molar-refractivity contribution in [2.24, 2.45) is 0 Å². The van der Waals surface area contributed by atoms with Gasteiger partial charge in [-0.1, -0.05) is 78.1 Å². The molecule has 0 aromatic carbocycles. The van der Waals surface area contributed by atoms with Crippen LogP contribution in [0.2, 0.25) is 0 Å². The van der Waals surface area contributed by atoms with E-state index in [4.69, 9.17) is 0 Å². The van der Waals surface area contributed by atoms with Gasteiger partial charge in [-0.05, 0) is 24.3 Å². The minimum absolute atomic E-state index is 1.35. The minimum Gasteiger partial charge on any atom is -0.161 e. The Labute approximate surface area is 183 Å². The predicted octanol–water partition coefficient (Wildman–Crippen LogP) is 8.64. The lowest BCUT2D eigenvalue weighted by atomic mass is 10.1. The van der Waals surface area contributed by atoms with Crippen molar-refractivity contribution in [1.82, 2.24) is 0 Å².